The zero-order valence-electron chi connectivity index (χ0n) is 15.4. The molecule has 0 saturated carbocycles. The zero-order valence-corrected chi connectivity index (χ0v) is 21.1. The molecule has 1 rings (SSSR count). The van der Waals surface area contributed by atoms with Crippen LogP contribution in [0.4, 0.5) is 18.9 Å². The second-order valence-electron chi connectivity index (χ2n) is 7.98. The maximum absolute atomic E-state index is 12.8. The number of carbonyl (C=O) groups excluding carboxylic acids is 1. The molecule has 0 aromatic heterocycles. The fourth-order valence-corrected chi connectivity index (χ4v) is 55.8. The molecule has 2 nitrogen and oxygen atoms in total. The molecule has 0 aliphatic carbocycles. The number of benzene rings is 1. The number of amides is 1. The third kappa shape index (κ3) is 5.67. The second-order valence-corrected chi connectivity index (χ2v) is 40.8. The number of para-hydroxylation sites is 1. The molecule has 0 atom stereocenters. The van der Waals surface area contributed by atoms with Crippen molar-refractivity contribution in [2.24, 2.45) is 0 Å². The van der Waals surface area contributed by atoms with E-state index in [0.717, 1.165) is 0 Å². The van der Waals surface area contributed by atoms with Crippen molar-refractivity contribution in [3.63, 3.8) is 0 Å². The number of anilines is 1. The monoisotopic (exact) mass is 557 g/mol. The number of nitrogens with zero attached hydrogens (tertiary/aromatic N) is 1. The zero-order chi connectivity index (χ0) is 18.9. The van der Waals surface area contributed by atoms with Crippen molar-refractivity contribution in [1.82, 2.24) is 0 Å². The van der Waals surface area contributed by atoms with Gasteiger partial charge in [0.05, 0.1) is 0 Å². The Morgan fingerprint density at radius 2 is 1.46 bits per heavy atom. The van der Waals surface area contributed by atoms with E-state index < -0.39 is 48.8 Å². The van der Waals surface area contributed by atoms with Crippen molar-refractivity contribution in [3.05, 3.63) is 31.4 Å². The van der Waals surface area contributed by atoms with Crippen LogP contribution in [-0.4, -0.2) is 55.9 Å². The first-order valence-electron chi connectivity index (χ1n) is 7.82. The summed E-state index contributed by atoms with van der Waals surface area (Å²) in [6.07, 6.45) is -2.79. The molecule has 0 saturated heterocycles. The van der Waals surface area contributed by atoms with Crippen LogP contribution in [0.1, 0.15) is 5.56 Å². The van der Waals surface area contributed by atoms with Crippen molar-refractivity contribution < 1.29 is 18.0 Å². The molecule has 0 spiro atoms. The number of alkyl halides is 3. The molecule has 0 aliphatic rings. The van der Waals surface area contributed by atoms with Crippen molar-refractivity contribution in [2.75, 3.05) is 11.9 Å². The van der Waals surface area contributed by atoms with E-state index in [0.29, 0.717) is 16.2 Å². The number of carbonyl (C=O) groups is 1. The summed E-state index contributed by atoms with van der Waals surface area (Å²) in [4.78, 5) is 26.3. The Balaban J connectivity index is 3.47. The van der Waals surface area contributed by atoms with Crippen LogP contribution in [0.5, 0.6) is 0 Å². The number of hydrogen-bond acceptors (Lipinski definition) is 1. The molecule has 0 bridgehead atoms. The van der Waals surface area contributed by atoms with Gasteiger partial charge in [0.1, 0.15) is 0 Å². The Morgan fingerprint density at radius 3 is 1.88 bits per heavy atom. The van der Waals surface area contributed by atoms with Crippen molar-refractivity contribution in [1.29, 1.82) is 0 Å². The van der Waals surface area contributed by atoms with Crippen LogP contribution in [0.3, 0.4) is 0 Å². The first kappa shape index (κ1) is 21.9. The van der Waals surface area contributed by atoms with Crippen LogP contribution >= 0.6 is 0 Å². The molecule has 0 aliphatic heterocycles. The fraction of sp³-hybridized carbons (Fsp3) is 0.471. The van der Waals surface area contributed by atoms with Crippen LogP contribution in [-0.2, 0) is 4.79 Å². The van der Waals surface area contributed by atoms with E-state index in [-0.39, 0.29) is 0 Å². The summed E-state index contributed by atoms with van der Waals surface area (Å²) in [7, 11) is 1.18. The quantitative estimate of drug-likeness (QED) is 0.460. The molecule has 0 heterocycles. The summed E-state index contributed by atoms with van der Waals surface area (Å²) in [6, 6.07) is 6.83. The third-order valence-corrected chi connectivity index (χ3v) is 42.5. The fourth-order valence-electron chi connectivity index (χ4n) is 2.93. The minimum absolute atomic E-state index is 0.309. The molecule has 0 N–H and O–H groups in total. The van der Waals surface area contributed by atoms with Crippen molar-refractivity contribution in [3.8, 4) is 0 Å². The molecular weight excluding hydrogens is 529 g/mol. The summed E-state index contributed by atoms with van der Waals surface area (Å²) in [5.74, 6) is -1.84. The van der Waals surface area contributed by atoms with E-state index in [4.69, 9.17) is 0 Å². The predicted octanol–water partition coefficient (Wildman–Crippen LogP) is 5.35. The van der Waals surface area contributed by atoms with Gasteiger partial charge in [0.25, 0.3) is 0 Å². The molecule has 0 fully saturated rings. The number of halogens is 3. The van der Waals surface area contributed by atoms with Gasteiger partial charge in [-0.2, -0.15) is 0 Å². The summed E-state index contributed by atoms with van der Waals surface area (Å²) in [6.45, 7) is 0. The van der Waals surface area contributed by atoms with Crippen molar-refractivity contribution in [2.45, 2.75) is 35.8 Å². The summed E-state index contributed by atoms with van der Waals surface area (Å²) in [5.41, 5.74) is 1.01. The number of hydrogen-bond donors (Lipinski definition) is 0. The van der Waals surface area contributed by atoms with Gasteiger partial charge in [-0.25, -0.2) is 0 Å². The summed E-state index contributed by atoms with van der Waals surface area (Å²) >= 11 is -4.77. The Morgan fingerprint density at radius 1 is 1.00 bits per heavy atom. The van der Waals surface area contributed by atoms with Crippen LogP contribution < -0.4 is 4.90 Å². The Hall–Kier alpha value is -0.183. The molecule has 1 aromatic rings. The van der Waals surface area contributed by atoms with Gasteiger partial charge in [-0.1, -0.05) is 0 Å². The molecule has 1 aromatic carbocycles. The number of rotatable bonds is 4. The van der Waals surface area contributed by atoms with Gasteiger partial charge in [0.2, 0.25) is 0 Å². The van der Waals surface area contributed by atoms with Crippen LogP contribution in [0.2, 0.25) is 29.6 Å². The Kier molecular flexibility index (Phi) is 6.92. The minimum atomic E-state index is -4.87. The Labute approximate surface area is 150 Å². The van der Waals surface area contributed by atoms with Gasteiger partial charge in [0.15, 0.2) is 0 Å². The van der Waals surface area contributed by atoms with E-state index in [1.807, 2.05) is 0 Å². The SMILES string of the molecule is CN(C(=O)C(F)(F)F)c1ccccc1C=[C]([Sn]([CH3])([CH3])[CH3])[Sn]([CH3])([CH3])[CH3]. The van der Waals surface area contributed by atoms with Gasteiger partial charge in [-0.15, -0.1) is 0 Å². The van der Waals surface area contributed by atoms with Gasteiger partial charge < -0.3 is 0 Å². The van der Waals surface area contributed by atoms with Gasteiger partial charge in [-0.05, 0) is 0 Å². The van der Waals surface area contributed by atoms with Gasteiger partial charge in [0, 0.05) is 0 Å². The summed E-state index contributed by atoms with van der Waals surface area (Å²) < 4.78 is 39.8. The predicted molar refractivity (Wildman–Crippen MR) is 101 cm³/mol. The molecule has 0 unspecified atom stereocenters. The third-order valence-electron chi connectivity index (χ3n) is 3.76. The Bertz CT molecular complexity index is 624. The second kappa shape index (κ2) is 7.59. The molecule has 7 heteroatoms. The standard InChI is InChI=1S/C11H8F3NO.6CH3.2Sn/c1-3-8-6-4-5-7-9(8)15(2)10(16)11(12,13)14;;;;;;;;/h3-7H,2H3;6*1H3;;. The van der Waals surface area contributed by atoms with Crippen LogP contribution in [0.15, 0.2) is 25.9 Å². The molecule has 0 radical (unpaired) electrons. The van der Waals surface area contributed by atoms with E-state index in [1.54, 1.807) is 24.3 Å². The molecule has 1 amide bonds. The van der Waals surface area contributed by atoms with Gasteiger partial charge in [-0.3, -0.25) is 0 Å². The average molecular weight is 555 g/mol. The van der Waals surface area contributed by atoms with Gasteiger partial charge >= 0.3 is 152 Å². The topological polar surface area (TPSA) is 20.3 Å². The van der Waals surface area contributed by atoms with E-state index in [1.165, 1.54) is 8.65 Å². The average Bonchev–Trinajstić information content (AvgIpc) is 2.40. The first-order valence-corrected chi connectivity index (χ1v) is 27.8. The van der Waals surface area contributed by atoms with E-state index in [9.17, 15) is 18.0 Å². The maximum atomic E-state index is 12.8. The molecule has 134 valence electrons. The van der Waals surface area contributed by atoms with Crippen LogP contribution in [0.25, 0.3) is 6.08 Å². The van der Waals surface area contributed by atoms with E-state index in [2.05, 4.69) is 35.7 Å². The molecule has 24 heavy (non-hydrogen) atoms. The molecular formula is C17H26F3NOSn2. The van der Waals surface area contributed by atoms with Crippen molar-refractivity contribution >= 4 is 54.4 Å². The van der Waals surface area contributed by atoms with Crippen LogP contribution in [0, 0.1) is 0 Å². The summed E-state index contributed by atoms with van der Waals surface area (Å²) in [5, 5.41) is 0. The normalized spacial score (nSPS) is 12.8. The van der Waals surface area contributed by atoms with E-state index >= 15 is 0 Å². The first-order chi connectivity index (χ1) is 10.7.